The summed E-state index contributed by atoms with van der Waals surface area (Å²) in [5.41, 5.74) is 8.02. The number of hydrogen-bond donors (Lipinski definition) is 2. The number of rotatable bonds is 5. The summed E-state index contributed by atoms with van der Waals surface area (Å²) in [4.78, 5) is 0. The first kappa shape index (κ1) is 18.4. The van der Waals surface area contributed by atoms with Crippen LogP contribution in [0.15, 0.2) is 102 Å². The number of nitrogens with two attached hydrogens (primary N) is 1. The number of nitrogens with zero attached hydrogens (tertiary/aromatic N) is 2. The molecule has 0 saturated heterocycles. The predicted octanol–water partition coefficient (Wildman–Crippen LogP) is 5.51. The van der Waals surface area contributed by atoms with E-state index in [0.717, 1.165) is 44.9 Å². The minimum Gasteiger partial charge on any atom is -0.323 e. The minimum atomic E-state index is 0.751. The molecule has 0 aliphatic heterocycles. The summed E-state index contributed by atoms with van der Waals surface area (Å²) >= 11 is 0. The van der Waals surface area contributed by atoms with Crippen LogP contribution in [0.4, 0.5) is 0 Å². The van der Waals surface area contributed by atoms with E-state index in [2.05, 4.69) is 58.6 Å². The molecule has 0 radical (unpaired) electrons. The molecule has 0 unspecified atom stereocenters. The van der Waals surface area contributed by atoms with Gasteiger partial charge in [-0.05, 0) is 36.3 Å². The number of aromatic nitrogens is 2. The second-order valence-corrected chi connectivity index (χ2v) is 6.82. The molecule has 0 aliphatic carbocycles. The molecule has 4 nitrogen and oxygen atoms in total. The molecule has 3 N–H and O–H groups in total. The number of nitrogens with one attached hydrogen (secondary N) is 1. The second kappa shape index (κ2) is 8.40. The van der Waals surface area contributed by atoms with Gasteiger partial charge >= 0.3 is 0 Å². The lowest BCUT2D eigenvalue weighted by molar-refractivity contribution is 1.10. The van der Waals surface area contributed by atoms with Crippen LogP contribution >= 0.6 is 0 Å². The van der Waals surface area contributed by atoms with Gasteiger partial charge in [-0.1, -0.05) is 78.9 Å². The van der Waals surface area contributed by atoms with Crippen LogP contribution in [0.3, 0.4) is 0 Å². The molecule has 0 atom stereocenters. The highest BCUT2D eigenvalue weighted by Gasteiger charge is 2.08. The third kappa shape index (κ3) is 4.17. The summed E-state index contributed by atoms with van der Waals surface area (Å²) in [5, 5.41) is 11.6. The lowest BCUT2D eigenvalue weighted by Crippen LogP contribution is -2.01. The molecule has 4 aromatic rings. The first-order valence-electron chi connectivity index (χ1n) is 9.48. The van der Waals surface area contributed by atoms with Crippen molar-refractivity contribution >= 4 is 11.3 Å². The molecule has 142 valence electrons. The molecule has 0 fully saturated rings. The summed E-state index contributed by atoms with van der Waals surface area (Å²) in [6.45, 7) is 2.07. The Morgan fingerprint density at radius 2 is 1.48 bits per heavy atom. The van der Waals surface area contributed by atoms with Crippen LogP contribution in [0.1, 0.15) is 18.1 Å². The summed E-state index contributed by atoms with van der Waals surface area (Å²) < 4.78 is 0. The van der Waals surface area contributed by atoms with Crippen molar-refractivity contribution in [2.75, 3.05) is 0 Å². The molecule has 4 heteroatoms. The average molecular weight is 378 g/mol. The molecule has 0 aliphatic rings. The Balaban J connectivity index is 1.63. The van der Waals surface area contributed by atoms with E-state index in [-0.39, 0.29) is 0 Å². The van der Waals surface area contributed by atoms with Crippen LogP contribution in [0.2, 0.25) is 0 Å². The van der Waals surface area contributed by atoms with Crippen molar-refractivity contribution in [1.29, 1.82) is 0 Å². The van der Waals surface area contributed by atoms with Gasteiger partial charge in [0.15, 0.2) is 0 Å². The lowest BCUT2D eigenvalue weighted by Gasteiger charge is -2.06. The van der Waals surface area contributed by atoms with Gasteiger partial charge in [0.2, 0.25) is 0 Å². The summed E-state index contributed by atoms with van der Waals surface area (Å²) in [5.74, 6) is 5.64. The summed E-state index contributed by atoms with van der Waals surface area (Å²) in [6.07, 6.45) is 2.01. The predicted molar refractivity (Wildman–Crippen MR) is 120 cm³/mol. The average Bonchev–Trinajstić information content (AvgIpc) is 3.29. The van der Waals surface area contributed by atoms with E-state index in [9.17, 15) is 0 Å². The normalized spacial score (nSPS) is 12.2. The monoisotopic (exact) mass is 378 g/mol. The van der Waals surface area contributed by atoms with Gasteiger partial charge in [0.25, 0.3) is 0 Å². The molecular weight excluding hydrogens is 356 g/mol. The maximum atomic E-state index is 5.64. The molecular formula is C25H22N4. The Kier molecular flexibility index (Phi) is 5.34. The number of aromatic amines is 1. The van der Waals surface area contributed by atoms with Crippen molar-refractivity contribution in [3.63, 3.8) is 0 Å². The van der Waals surface area contributed by atoms with Crippen LogP contribution in [-0.4, -0.2) is 15.9 Å². The van der Waals surface area contributed by atoms with Gasteiger partial charge < -0.3 is 5.84 Å². The van der Waals surface area contributed by atoms with Gasteiger partial charge in [-0.25, -0.2) is 0 Å². The molecule has 29 heavy (non-hydrogen) atoms. The first-order valence-corrected chi connectivity index (χ1v) is 9.48. The quantitative estimate of drug-likeness (QED) is 0.273. The van der Waals surface area contributed by atoms with Crippen molar-refractivity contribution in [2.45, 2.75) is 6.92 Å². The molecule has 0 saturated carbocycles. The van der Waals surface area contributed by atoms with Crippen molar-refractivity contribution in [1.82, 2.24) is 10.2 Å². The van der Waals surface area contributed by atoms with E-state index in [4.69, 9.17) is 5.84 Å². The van der Waals surface area contributed by atoms with Gasteiger partial charge in [0.05, 0.1) is 17.1 Å². The highest BCUT2D eigenvalue weighted by atomic mass is 15.1. The Bertz CT molecular complexity index is 1160. The first-order chi connectivity index (χ1) is 14.2. The number of H-pyrrole nitrogens is 1. The number of benzene rings is 3. The number of allylic oxidation sites excluding steroid dienone is 2. The van der Waals surface area contributed by atoms with Crippen LogP contribution in [-0.2, 0) is 0 Å². The van der Waals surface area contributed by atoms with Crippen molar-refractivity contribution in [2.24, 2.45) is 10.9 Å². The fourth-order valence-corrected chi connectivity index (χ4v) is 3.25. The summed E-state index contributed by atoms with van der Waals surface area (Å²) in [6, 6.07) is 30.5. The fraction of sp³-hybridized carbons (Fsp3) is 0.0400. The Hall–Kier alpha value is -3.92. The van der Waals surface area contributed by atoms with Gasteiger partial charge in [0.1, 0.15) is 0 Å². The third-order valence-electron chi connectivity index (χ3n) is 4.84. The van der Waals surface area contributed by atoms with Gasteiger partial charge in [-0.2, -0.15) is 10.2 Å². The Labute approximate surface area is 170 Å². The van der Waals surface area contributed by atoms with Crippen molar-refractivity contribution in [3.05, 3.63) is 108 Å². The lowest BCUT2D eigenvalue weighted by atomic mass is 10.00. The van der Waals surface area contributed by atoms with E-state index in [1.165, 1.54) is 0 Å². The van der Waals surface area contributed by atoms with E-state index in [1.807, 2.05) is 60.7 Å². The summed E-state index contributed by atoms with van der Waals surface area (Å²) in [7, 11) is 0. The molecule has 0 spiro atoms. The maximum Gasteiger partial charge on any atom is 0.0927 e. The largest absolute Gasteiger partial charge is 0.323 e. The Morgan fingerprint density at radius 3 is 2.21 bits per heavy atom. The van der Waals surface area contributed by atoms with E-state index in [0.29, 0.717) is 0 Å². The van der Waals surface area contributed by atoms with Crippen LogP contribution in [0.25, 0.3) is 28.1 Å². The highest BCUT2D eigenvalue weighted by Crippen LogP contribution is 2.26. The van der Waals surface area contributed by atoms with Gasteiger partial charge in [-0.3, -0.25) is 5.10 Å². The highest BCUT2D eigenvalue weighted by molar-refractivity contribution is 6.12. The van der Waals surface area contributed by atoms with Crippen LogP contribution in [0, 0.1) is 0 Å². The number of hydrazone groups is 1. The molecule has 4 rings (SSSR count). The molecule has 1 heterocycles. The van der Waals surface area contributed by atoms with Gasteiger partial charge in [0, 0.05) is 16.7 Å². The van der Waals surface area contributed by atoms with E-state index < -0.39 is 0 Å². The zero-order chi connectivity index (χ0) is 20.1. The van der Waals surface area contributed by atoms with Crippen LogP contribution in [0.5, 0.6) is 0 Å². The van der Waals surface area contributed by atoms with Crippen molar-refractivity contribution < 1.29 is 0 Å². The SMILES string of the molecule is C/C(=C\C(=N/N)c1ccccc1)c1cccc(-c2cc(-c3ccccc3)n[nH]2)c1. The maximum absolute atomic E-state index is 5.64. The topological polar surface area (TPSA) is 67.1 Å². The van der Waals surface area contributed by atoms with Gasteiger partial charge in [-0.15, -0.1) is 0 Å². The van der Waals surface area contributed by atoms with Crippen LogP contribution < -0.4 is 5.84 Å². The zero-order valence-electron chi connectivity index (χ0n) is 16.2. The smallest absolute Gasteiger partial charge is 0.0927 e. The third-order valence-corrected chi connectivity index (χ3v) is 4.84. The number of hydrogen-bond acceptors (Lipinski definition) is 3. The second-order valence-electron chi connectivity index (χ2n) is 6.82. The molecule has 0 bridgehead atoms. The Morgan fingerprint density at radius 1 is 0.828 bits per heavy atom. The zero-order valence-corrected chi connectivity index (χ0v) is 16.2. The fourth-order valence-electron chi connectivity index (χ4n) is 3.25. The standard InChI is InChI=1S/C25H22N4/c1-18(15-23(27-26)19-9-4-2-5-10-19)21-13-8-14-22(16-21)25-17-24(28-29-25)20-11-6-3-7-12-20/h2-17H,26H2,1H3,(H,28,29)/b18-15+,27-23+. The van der Waals surface area contributed by atoms with Crippen molar-refractivity contribution in [3.8, 4) is 22.5 Å². The van der Waals surface area contributed by atoms with E-state index >= 15 is 0 Å². The van der Waals surface area contributed by atoms with E-state index in [1.54, 1.807) is 0 Å². The molecule has 0 amide bonds. The molecule has 3 aromatic carbocycles. The molecule has 1 aromatic heterocycles. The minimum absolute atomic E-state index is 0.751.